The summed E-state index contributed by atoms with van der Waals surface area (Å²) in [5, 5.41) is 3.02. The molecule has 0 unspecified atom stereocenters. The Morgan fingerprint density at radius 1 is 1.14 bits per heavy atom. The van der Waals surface area contributed by atoms with Gasteiger partial charge in [-0.05, 0) is 71.9 Å². The minimum Gasteiger partial charge on any atom is -0.492 e. The van der Waals surface area contributed by atoms with Crippen molar-refractivity contribution >= 4 is 17.7 Å². The Hall–Kier alpha value is -2.52. The number of ether oxygens (including phenoxy) is 4. The summed E-state index contributed by atoms with van der Waals surface area (Å²) in [4.78, 5) is 29.5. The van der Waals surface area contributed by atoms with Crippen LogP contribution in [-0.4, -0.2) is 87.8 Å². The summed E-state index contributed by atoms with van der Waals surface area (Å²) in [6, 6.07) is 4.25. The molecule has 0 aromatic heterocycles. The molecule has 1 amide bonds. The fourth-order valence-corrected chi connectivity index (χ4v) is 5.13. The third kappa shape index (κ3) is 8.50. The molecule has 3 rings (SSSR count). The van der Waals surface area contributed by atoms with E-state index in [-0.39, 0.29) is 18.1 Å². The van der Waals surface area contributed by atoms with Crippen LogP contribution < -0.4 is 15.0 Å². The van der Waals surface area contributed by atoms with E-state index < -0.39 is 5.60 Å². The summed E-state index contributed by atoms with van der Waals surface area (Å²) in [6.07, 6.45) is 3.26. The fraction of sp³-hybridized carbons (Fsp3) is 0.714. The van der Waals surface area contributed by atoms with Crippen LogP contribution in [0.1, 0.15) is 69.3 Å². The zero-order valence-corrected chi connectivity index (χ0v) is 23.4. The van der Waals surface area contributed by atoms with Crippen LogP contribution in [0.25, 0.3) is 0 Å². The van der Waals surface area contributed by atoms with Gasteiger partial charge in [0.25, 0.3) is 0 Å². The van der Waals surface area contributed by atoms with Crippen LogP contribution in [-0.2, 0) is 14.2 Å². The number of hydrogen-bond donors (Lipinski definition) is 1. The van der Waals surface area contributed by atoms with E-state index in [0.29, 0.717) is 24.0 Å². The summed E-state index contributed by atoms with van der Waals surface area (Å²) in [6.45, 7) is 15.2. The molecule has 1 aromatic carbocycles. The molecule has 1 aliphatic carbocycles. The molecule has 2 aliphatic rings. The molecule has 208 valence electrons. The van der Waals surface area contributed by atoms with Crippen molar-refractivity contribution in [3.63, 3.8) is 0 Å². The predicted molar refractivity (Wildman–Crippen MR) is 144 cm³/mol. The number of hydrogen-bond acceptors (Lipinski definition) is 8. The van der Waals surface area contributed by atoms with E-state index >= 15 is 0 Å². The number of amides is 1. The van der Waals surface area contributed by atoms with E-state index in [2.05, 4.69) is 28.1 Å². The van der Waals surface area contributed by atoms with E-state index in [1.807, 2.05) is 27.7 Å². The first-order valence-electron chi connectivity index (χ1n) is 13.5. The van der Waals surface area contributed by atoms with Gasteiger partial charge in [0.15, 0.2) is 0 Å². The molecule has 1 saturated carbocycles. The molecule has 1 aliphatic heterocycles. The van der Waals surface area contributed by atoms with Gasteiger partial charge in [0, 0.05) is 50.0 Å². The van der Waals surface area contributed by atoms with E-state index in [1.54, 1.807) is 6.07 Å². The Morgan fingerprint density at radius 3 is 2.41 bits per heavy atom. The van der Waals surface area contributed by atoms with Crippen LogP contribution >= 0.6 is 0 Å². The highest BCUT2D eigenvalue weighted by atomic mass is 16.6. The van der Waals surface area contributed by atoms with Crippen LogP contribution in [0, 0.1) is 6.92 Å². The van der Waals surface area contributed by atoms with Gasteiger partial charge in [-0.2, -0.15) is 0 Å². The maximum Gasteiger partial charge on any atom is 0.407 e. The Labute approximate surface area is 221 Å². The molecule has 1 N–H and O–H groups in total. The number of benzene rings is 1. The van der Waals surface area contributed by atoms with Gasteiger partial charge in [-0.3, -0.25) is 4.90 Å². The number of carbonyl (C=O) groups is 2. The third-order valence-electron chi connectivity index (χ3n) is 7.05. The lowest BCUT2D eigenvalue weighted by atomic mass is 9.89. The molecule has 2 fully saturated rings. The van der Waals surface area contributed by atoms with Crippen LogP contribution in [0.2, 0.25) is 0 Å². The maximum atomic E-state index is 12.6. The number of nitrogens with one attached hydrogen (secondary N) is 1. The Kier molecular flexibility index (Phi) is 10.5. The zero-order chi connectivity index (χ0) is 27.0. The zero-order valence-electron chi connectivity index (χ0n) is 23.4. The Balaban J connectivity index is 1.69. The van der Waals surface area contributed by atoms with Gasteiger partial charge in [0.1, 0.15) is 18.0 Å². The first kappa shape index (κ1) is 29.0. The lowest BCUT2D eigenvalue weighted by molar-refractivity contribution is 0.0322. The molecule has 1 heterocycles. The fourth-order valence-electron chi connectivity index (χ4n) is 5.13. The smallest absolute Gasteiger partial charge is 0.407 e. The van der Waals surface area contributed by atoms with Crippen molar-refractivity contribution < 1.29 is 28.5 Å². The normalized spacial score (nSPS) is 20.7. The van der Waals surface area contributed by atoms with Crippen LogP contribution in [0.4, 0.5) is 10.5 Å². The topological polar surface area (TPSA) is 89.6 Å². The molecular formula is C28H45N3O6. The maximum absolute atomic E-state index is 12.6. The number of morpholine rings is 1. The number of esters is 1. The first-order chi connectivity index (χ1) is 17.6. The molecule has 0 radical (unpaired) electrons. The summed E-state index contributed by atoms with van der Waals surface area (Å²) < 4.78 is 22.1. The number of methoxy groups -OCH3 is 1. The van der Waals surface area contributed by atoms with Crippen molar-refractivity contribution in [2.45, 2.75) is 78.0 Å². The van der Waals surface area contributed by atoms with Gasteiger partial charge in [0.2, 0.25) is 0 Å². The summed E-state index contributed by atoms with van der Waals surface area (Å²) in [5.74, 6) is 0.312. The summed E-state index contributed by atoms with van der Waals surface area (Å²) in [7, 11) is 1.41. The highest BCUT2D eigenvalue weighted by Gasteiger charge is 2.29. The predicted octanol–water partition coefficient (Wildman–Crippen LogP) is 4.15. The second kappa shape index (κ2) is 13.3. The van der Waals surface area contributed by atoms with Gasteiger partial charge < -0.3 is 29.2 Å². The van der Waals surface area contributed by atoms with Crippen molar-refractivity contribution in [2.75, 3.05) is 58.0 Å². The van der Waals surface area contributed by atoms with Gasteiger partial charge in [-0.1, -0.05) is 0 Å². The second-order valence-corrected chi connectivity index (χ2v) is 10.8. The average Bonchev–Trinajstić information content (AvgIpc) is 2.86. The summed E-state index contributed by atoms with van der Waals surface area (Å²) >= 11 is 0. The van der Waals surface area contributed by atoms with Crippen LogP contribution in [0.3, 0.4) is 0 Å². The van der Waals surface area contributed by atoms with Crippen molar-refractivity contribution in [3.05, 3.63) is 23.3 Å². The van der Waals surface area contributed by atoms with Crippen LogP contribution in [0.5, 0.6) is 5.75 Å². The molecule has 1 aromatic rings. The number of alkyl carbamates (subject to hydrolysis) is 1. The van der Waals surface area contributed by atoms with E-state index in [9.17, 15) is 9.59 Å². The minimum absolute atomic E-state index is 0.103. The SMILES string of the molecule is CCN(c1cc(OCCN2CCOCC2)cc(C(=O)OC)c1C)[C@H]1CC[C@H](NC(=O)OC(C)(C)C)CC1. The number of nitrogens with zero attached hydrogens (tertiary/aromatic N) is 2. The van der Waals surface area contributed by atoms with Gasteiger partial charge >= 0.3 is 12.1 Å². The molecule has 0 spiro atoms. The van der Waals surface area contributed by atoms with Gasteiger partial charge in [-0.25, -0.2) is 9.59 Å². The average molecular weight is 520 g/mol. The van der Waals surface area contributed by atoms with Crippen molar-refractivity contribution in [2.24, 2.45) is 0 Å². The van der Waals surface area contributed by atoms with Crippen molar-refractivity contribution in [3.8, 4) is 5.75 Å². The molecular weight excluding hydrogens is 474 g/mol. The summed E-state index contributed by atoms with van der Waals surface area (Å²) in [5.41, 5.74) is 1.91. The molecule has 9 heteroatoms. The van der Waals surface area contributed by atoms with Gasteiger partial charge in [-0.15, -0.1) is 0 Å². The Morgan fingerprint density at radius 2 is 1.81 bits per heavy atom. The minimum atomic E-state index is -0.509. The Bertz CT molecular complexity index is 902. The quantitative estimate of drug-likeness (QED) is 0.487. The van der Waals surface area contributed by atoms with E-state index in [1.165, 1.54) is 7.11 Å². The van der Waals surface area contributed by atoms with Crippen LogP contribution in [0.15, 0.2) is 12.1 Å². The number of carbonyl (C=O) groups excluding carboxylic acids is 2. The monoisotopic (exact) mass is 519 g/mol. The lowest BCUT2D eigenvalue weighted by Gasteiger charge is -2.39. The third-order valence-corrected chi connectivity index (χ3v) is 7.05. The van der Waals surface area contributed by atoms with Crippen molar-refractivity contribution in [1.82, 2.24) is 10.2 Å². The number of rotatable bonds is 9. The molecule has 9 nitrogen and oxygen atoms in total. The highest BCUT2D eigenvalue weighted by molar-refractivity contribution is 5.93. The molecule has 37 heavy (non-hydrogen) atoms. The lowest BCUT2D eigenvalue weighted by Crippen LogP contribution is -2.45. The molecule has 1 saturated heterocycles. The van der Waals surface area contributed by atoms with Gasteiger partial charge in [0.05, 0.1) is 25.9 Å². The number of anilines is 1. The van der Waals surface area contributed by atoms with Crippen molar-refractivity contribution in [1.29, 1.82) is 0 Å². The first-order valence-corrected chi connectivity index (χ1v) is 13.5. The van der Waals surface area contributed by atoms with E-state index in [4.69, 9.17) is 18.9 Å². The largest absolute Gasteiger partial charge is 0.492 e. The molecule has 0 bridgehead atoms. The molecule has 0 atom stereocenters. The standard InChI is InChI=1S/C28H45N3O6/c1-7-31(22-10-8-21(9-11-22)29-27(33)37-28(3,4)5)25-19-23(18-24(20(25)2)26(32)34-6)36-17-14-30-12-15-35-16-13-30/h18-19,21-22H,7-17H2,1-6H3,(H,29,33)/t21-,22-. The second-order valence-electron chi connectivity index (χ2n) is 10.8. The highest BCUT2D eigenvalue weighted by Crippen LogP contribution is 2.34. The van der Waals surface area contributed by atoms with E-state index in [0.717, 1.165) is 76.3 Å².